The molecule has 3 rings (SSSR count). The number of hydrogen-bond acceptors (Lipinski definition) is 5. The molecule has 0 N–H and O–H groups in total. The third-order valence-electron chi connectivity index (χ3n) is 4.97. The van der Waals surface area contributed by atoms with Crippen molar-refractivity contribution in [2.45, 2.75) is 26.9 Å². The standard InChI is InChI=1S/C27H28O5/c1-3-30-26(28)25(27(29)31-4-2)18-20-10-12-22(13-11-20)23-14-16-24(17-15-23)32-19-21-8-6-5-7-9-21/h5-17,25H,3-4,18-19H2,1-2H3. The van der Waals surface area contributed by atoms with Gasteiger partial charge in [-0.2, -0.15) is 0 Å². The Hall–Kier alpha value is -3.60. The van der Waals surface area contributed by atoms with Crippen LogP contribution in [0.15, 0.2) is 78.9 Å². The average Bonchev–Trinajstić information content (AvgIpc) is 2.83. The first kappa shape index (κ1) is 23.1. The summed E-state index contributed by atoms with van der Waals surface area (Å²) in [5.74, 6) is -1.26. The van der Waals surface area contributed by atoms with Crippen molar-refractivity contribution in [3.8, 4) is 16.9 Å². The number of benzene rings is 3. The van der Waals surface area contributed by atoms with E-state index in [9.17, 15) is 9.59 Å². The van der Waals surface area contributed by atoms with Crippen LogP contribution >= 0.6 is 0 Å². The number of ether oxygens (including phenoxy) is 3. The van der Waals surface area contributed by atoms with Gasteiger partial charge in [0.2, 0.25) is 0 Å². The quantitative estimate of drug-likeness (QED) is 0.325. The summed E-state index contributed by atoms with van der Waals surface area (Å²) in [5.41, 5.74) is 4.07. The van der Waals surface area contributed by atoms with E-state index in [0.29, 0.717) is 6.61 Å². The van der Waals surface area contributed by atoms with Crippen molar-refractivity contribution in [2.24, 2.45) is 5.92 Å². The lowest BCUT2D eigenvalue weighted by Crippen LogP contribution is -2.30. The van der Waals surface area contributed by atoms with E-state index in [1.165, 1.54) is 0 Å². The fourth-order valence-electron chi connectivity index (χ4n) is 3.30. The Kier molecular flexibility index (Phi) is 8.44. The summed E-state index contributed by atoms with van der Waals surface area (Å²) < 4.78 is 15.9. The largest absolute Gasteiger partial charge is 0.489 e. The summed E-state index contributed by atoms with van der Waals surface area (Å²) in [6.45, 7) is 4.40. The molecular weight excluding hydrogens is 404 g/mol. The van der Waals surface area contributed by atoms with Crippen LogP contribution in [0.3, 0.4) is 0 Å². The summed E-state index contributed by atoms with van der Waals surface area (Å²) in [6.07, 6.45) is 0.240. The topological polar surface area (TPSA) is 61.8 Å². The van der Waals surface area contributed by atoms with Gasteiger partial charge in [0.1, 0.15) is 12.4 Å². The van der Waals surface area contributed by atoms with Crippen molar-refractivity contribution in [3.63, 3.8) is 0 Å². The van der Waals surface area contributed by atoms with E-state index in [1.807, 2.05) is 78.9 Å². The SMILES string of the molecule is CCOC(=O)C(Cc1ccc(-c2ccc(OCc3ccccc3)cc2)cc1)C(=O)OCC. The molecule has 0 aliphatic rings. The van der Waals surface area contributed by atoms with E-state index in [1.54, 1.807) is 13.8 Å². The first-order chi connectivity index (χ1) is 15.6. The van der Waals surface area contributed by atoms with Gasteiger partial charge in [-0.3, -0.25) is 9.59 Å². The molecule has 0 unspecified atom stereocenters. The minimum absolute atomic E-state index is 0.221. The highest BCUT2D eigenvalue weighted by Gasteiger charge is 2.29. The Morgan fingerprint density at radius 1 is 0.688 bits per heavy atom. The zero-order valence-electron chi connectivity index (χ0n) is 18.5. The number of carbonyl (C=O) groups is 2. The van der Waals surface area contributed by atoms with Crippen LogP contribution in [0.2, 0.25) is 0 Å². The highest BCUT2D eigenvalue weighted by Crippen LogP contribution is 2.24. The molecule has 0 atom stereocenters. The molecule has 32 heavy (non-hydrogen) atoms. The second kappa shape index (κ2) is 11.7. The van der Waals surface area contributed by atoms with Crippen molar-refractivity contribution in [2.75, 3.05) is 13.2 Å². The molecular formula is C27H28O5. The van der Waals surface area contributed by atoms with Gasteiger partial charge in [-0.15, -0.1) is 0 Å². The van der Waals surface area contributed by atoms with Gasteiger partial charge in [-0.25, -0.2) is 0 Å². The predicted octanol–water partition coefficient (Wildman–Crippen LogP) is 5.22. The third kappa shape index (κ3) is 6.45. The summed E-state index contributed by atoms with van der Waals surface area (Å²) in [5, 5.41) is 0. The lowest BCUT2D eigenvalue weighted by atomic mass is 9.97. The zero-order chi connectivity index (χ0) is 22.8. The van der Waals surface area contributed by atoms with Gasteiger partial charge in [0.05, 0.1) is 13.2 Å². The van der Waals surface area contributed by atoms with Crippen molar-refractivity contribution in [1.29, 1.82) is 0 Å². The van der Waals surface area contributed by atoms with E-state index in [4.69, 9.17) is 14.2 Å². The van der Waals surface area contributed by atoms with Crippen molar-refractivity contribution in [3.05, 3.63) is 90.0 Å². The van der Waals surface area contributed by atoms with E-state index in [0.717, 1.165) is 28.0 Å². The Labute approximate surface area is 188 Å². The molecule has 5 nitrogen and oxygen atoms in total. The number of hydrogen-bond donors (Lipinski definition) is 0. The lowest BCUT2D eigenvalue weighted by molar-refractivity contribution is -0.161. The molecule has 0 spiro atoms. The molecule has 3 aromatic carbocycles. The highest BCUT2D eigenvalue weighted by atomic mass is 16.6. The molecule has 0 aliphatic heterocycles. The van der Waals surface area contributed by atoms with Crippen molar-refractivity contribution < 1.29 is 23.8 Å². The van der Waals surface area contributed by atoms with Crippen molar-refractivity contribution in [1.82, 2.24) is 0 Å². The minimum Gasteiger partial charge on any atom is -0.489 e. The van der Waals surface area contributed by atoms with Gasteiger partial charge >= 0.3 is 11.9 Å². The third-order valence-corrected chi connectivity index (χ3v) is 4.97. The average molecular weight is 433 g/mol. The van der Waals surface area contributed by atoms with Gasteiger partial charge in [0, 0.05) is 0 Å². The molecule has 3 aromatic rings. The van der Waals surface area contributed by atoms with Crippen LogP contribution in [0.25, 0.3) is 11.1 Å². The first-order valence-electron chi connectivity index (χ1n) is 10.8. The summed E-state index contributed by atoms with van der Waals surface area (Å²) in [4.78, 5) is 24.4. The summed E-state index contributed by atoms with van der Waals surface area (Å²) >= 11 is 0. The Bertz CT molecular complexity index is 976. The van der Waals surface area contributed by atoms with Gasteiger partial charge < -0.3 is 14.2 Å². The van der Waals surface area contributed by atoms with Crippen LogP contribution in [0.4, 0.5) is 0 Å². The molecule has 5 heteroatoms. The number of esters is 2. The predicted molar refractivity (Wildman–Crippen MR) is 123 cm³/mol. The van der Waals surface area contributed by atoms with Crippen molar-refractivity contribution >= 4 is 11.9 Å². The molecule has 0 saturated carbocycles. The monoisotopic (exact) mass is 432 g/mol. The van der Waals surface area contributed by atoms with Crippen LogP contribution in [0.5, 0.6) is 5.75 Å². The van der Waals surface area contributed by atoms with Crippen LogP contribution in [0, 0.1) is 5.92 Å². The van der Waals surface area contributed by atoms with E-state index >= 15 is 0 Å². The second-order valence-electron chi connectivity index (χ2n) is 7.26. The maximum Gasteiger partial charge on any atom is 0.320 e. The summed E-state index contributed by atoms with van der Waals surface area (Å²) in [6, 6.07) is 25.7. The van der Waals surface area contributed by atoms with Gasteiger partial charge in [0.25, 0.3) is 0 Å². The zero-order valence-corrected chi connectivity index (χ0v) is 18.5. The fraction of sp³-hybridized carbons (Fsp3) is 0.259. The minimum atomic E-state index is -0.957. The van der Waals surface area contributed by atoms with E-state index in [-0.39, 0.29) is 19.6 Å². The molecule has 0 bridgehead atoms. The molecule has 0 amide bonds. The Morgan fingerprint density at radius 2 is 1.22 bits per heavy atom. The molecule has 0 aliphatic carbocycles. The normalized spacial score (nSPS) is 10.6. The van der Waals surface area contributed by atoms with Crippen LogP contribution in [0.1, 0.15) is 25.0 Å². The lowest BCUT2D eigenvalue weighted by Gasteiger charge is -2.14. The molecule has 0 radical (unpaired) electrons. The molecule has 0 heterocycles. The molecule has 0 fully saturated rings. The van der Waals surface area contributed by atoms with Gasteiger partial charge in [0.15, 0.2) is 5.92 Å². The maximum atomic E-state index is 12.2. The van der Waals surface area contributed by atoms with E-state index < -0.39 is 17.9 Å². The summed E-state index contributed by atoms with van der Waals surface area (Å²) in [7, 11) is 0. The Balaban J connectivity index is 1.63. The van der Waals surface area contributed by atoms with Gasteiger partial charge in [-0.05, 0) is 54.7 Å². The molecule has 0 saturated heterocycles. The Morgan fingerprint density at radius 3 is 1.75 bits per heavy atom. The second-order valence-corrected chi connectivity index (χ2v) is 7.26. The highest BCUT2D eigenvalue weighted by molar-refractivity contribution is 5.95. The van der Waals surface area contributed by atoms with Crippen LogP contribution < -0.4 is 4.74 Å². The number of rotatable bonds is 10. The van der Waals surface area contributed by atoms with E-state index in [2.05, 4.69) is 0 Å². The first-order valence-corrected chi connectivity index (χ1v) is 10.8. The van der Waals surface area contributed by atoms with Crippen LogP contribution in [-0.2, 0) is 32.1 Å². The van der Waals surface area contributed by atoms with Crippen LogP contribution in [-0.4, -0.2) is 25.2 Å². The fourth-order valence-corrected chi connectivity index (χ4v) is 3.30. The molecule has 0 aromatic heterocycles. The smallest absolute Gasteiger partial charge is 0.320 e. The van der Waals surface area contributed by atoms with Gasteiger partial charge in [-0.1, -0.05) is 66.7 Å². The maximum absolute atomic E-state index is 12.2. The molecule has 166 valence electrons. The number of carbonyl (C=O) groups excluding carboxylic acids is 2.